The molecule has 1 aliphatic heterocycles. The number of carbonyl (C=O) groups excluding carboxylic acids is 2. The number of amides is 1. The number of hydrogen-bond donors (Lipinski definition) is 2. The summed E-state index contributed by atoms with van der Waals surface area (Å²) in [6.45, 7) is 11.7. The fourth-order valence-corrected chi connectivity index (χ4v) is 4.77. The maximum Gasteiger partial charge on any atom is 0.325 e. The number of hydrazone groups is 1. The summed E-state index contributed by atoms with van der Waals surface area (Å²) >= 11 is 0. The number of fused-ring (bicyclic) bond motifs is 1. The smallest absolute Gasteiger partial charge is 0.325 e. The second-order valence-corrected chi connectivity index (χ2v) is 10.1. The Morgan fingerprint density at radius 1 is 0.957 bits per heavy atom. The molecule has 0 bridgehead atoms. The Hall–Kier alpha value is -5.44. The quantitative estimate of drug-likeness (QED) is 0.158. The number of nitrogens with two attached hydrogens (primary N) is 1. The largest absolute Gasteiger partial charge is 0.486 e. The fraction of sp³-hybridized carbons (Fsp3) is 0.263. The van der Waals surface area contributed by atoms with Gasteiger partial charge in [-0.2, -0.15) is 5.10 Å². The van der Waals surface area contributed by atoms with E-state index in [1.807, 2.05) is 107 Å². The van der Waals surface area contributed by atoms with E-state index in [1.54, 1.807) is 31.3 Å². The van der Waals surface area contributed by atoms with E-state index in [-0.39, 0.29) is 25.5 Å². The molecule has 3 aromatic rings. The molecule has 3 N–H and O–H groups in total. The summed E-state index contributed by atoms with van der Waals surface area (Å²) in [6, 6.07) is 25.2. The highest BCUT2D eigenvalue weighted by atomic mass is 16.5. The number of hydrogen-bond acceptors (Lipinski definition) is 8. The zero-order valence-corrected chi connectivity index (χ0v) is 28.1. The van der Waals surface area contributed by atoms with Crippen LogP contribution in [0.25, 0.3) is 17.0 Å². The molecule has 0 unspecified atom stereocenters. The lowest BCUT2D eigenvalue weighted by atomic mass is 9.90. The van der Waals surface area contributed by atoms with Crippen molar-refractivity contribution in [3.8, 4) is 0 Å². The summed E-state index contributed by atoms with van der Waals surface area (Å²) in [5.74, 6) is -0.731. The molecule has 0 aromatic heterocycles. The van der Waals surface area contributed by atoms with E-state index in [1.165, 1.54) is 6.20 Å². The lowest BCUT2D eigenvalue weighted by Gasteiger charge is -2.34. The lowest BCUT2D eigenvalue weighted by Crippen LogP contribution is -2.38. The molecule has 1 aliphatic rings. The molecule has 0 saturated heterocycles. The van der Waals surface area contributed by atoms with Crippen molar-refractivity contribution in [2.75, 3.05) is 13.2 Å². The van der Waals surface area contributed by atoms with E-state index in [2.05, 4.69) is 15.4 Å². The number of esters is 1. The molecule has 9 heteroatoms. The van der Waals surface area contributed by atoms with E-state index >= 15 is 0 Å². The zero-order chi connectivity index (χ0) is 34.2. The first-order chi connectivity index (χ1) is 22.9. The van der Waals surface area contributed by atoms with Crippen LogP contribution in [0.2, 0.25) is 0 Å². The average molecular weight is 636 g/mol. The minimum atomic E-state index is -0.539. The molecule has 0 fully saturated rings. The minimum Gasteiger partial charge on any atom is -0.486 e. The van der Waals surface area contributed by atoms with Gasteiger partial charge in [-0.05, 0) is 68.2 Å². The van der Waals surface area contributed by atoms with Gasteiger partial charge in [0.05, 0.1) is 18.0 Å². The van der Waals surface area contributed by atoms with E-state index in [4.69, 9.17) is 15.2 Å². The van der Waals surface area contributed by atoms with Gasteiger partial charge in [0, 0.05) is 35.3 Å². The molecule has 4 rings (SSSR count). The molecule has 47 heavy (non-hydrogen) atoms. The molecule has 0 saturated carbocycles. The van der Waals surface area contributed by atoms with Gasteiger partial charge >= 0.3 is 5.97 Å². The summed E-state index contributed by atoms with van der Waals surface area (Å²) in [5, 5.41) is 8.94. The number of para-hydroxylation sites is 1. The van der Waals surface area contributed by atoms with Gasteiger partial charge in [-0.3, -0.25) is 14.6 Å². The van der Waals surface area contributed by atoms with Crippen molar-refractivity contribution in [2.24, 2.45) is 15.8 Å². The number of ether oxygens (including phenoxy) is 2. The first-order valence-corrected chi connectivity index (χ1v) is 15.9. The zero-order valence-electron chi connectivity index (χ0n) is 28.1. The molecule has 0 radical (unpaired) electrons. The minimum absolute atomic E-state index is 0.164. The van der Waals surface area contributed by atoms with Gasteiger partial charge in [-0.15, -0.1) is 0 Å². The van der Waals surface area contributed by atoms with Gasteiger partial charge in [-0.1, -0.05) is 75.4 Å². The lowest BCUT2D eigenvalue weighted by molar-refractivity contribution is -0.143. The van der Waals surface area contributed by atoms with Crippen LogP contribution in [0.15, 0.2) is 106 Å². The van der Waals surface area contributed by atoms with Crippen LogP contribution < -0.4 is 11.1 Å². The van der Waals surface area contributed by atoms with E-state index in [0.29, 0.717) is 17.7 Å². The maximum atomic E-state index is 13.9. The summed E-state index contributed by atoms with van der Waals surface area (Å²) < 4.78 is 11.5. The molecular formula is C38H45N5O4. The van der Waals surface area contributed by atoms with Crippen molar-refractivity contribution in [3.05, 3.63) is 119 Å². The van der Waals surface area contributed by atoms with Crippen molar-refractivity contribution < 1.29 is 19.1 Å². The van der Waals surface area contributed by atoms with Gasteiger partial charge in [0.15, 0.2) is 11.5 Å². The third-order valence-electron chi connectivity index (χ3n) is 7.08. The highest BCUT2D eigenvalue weighted by molar-refractivity contribution is 6.11. The highest BCUT2D eigenvalue weighted by Crippen LogP contribution is 2.43. The number of allylic oxidation sites excluding steroid dienone is 2. The second-order valence-electron chi connectivity index (χ2n) is 10.1. The van der Waals surface area contributed by atoms with Gasteiger partial charge in [0.2, 0.25) is 0 Å². The molecule has 0 atom stereocenters. The van der Waals surface area contributed by atoms with Crippen molar-refractivity contribution in [1.29, 1.82) is 0 Å². The Morgan fingerprint density at radius 3 is 2.26 bits per heavy atom. The van der Waals surface area contributed by atoms with Crippen LogP contribution in [-0.2, 0) is 25.7 Å². The molecule has 1 amide bonds. The van der Waals surface area contributed by atoms with E-state index in [0.717, 1.165) is 39.2 Å². The molecule has 0 aliphatic carbocycles. The SMILES string of the molecule is C/C=N\N1C(C(=O)NCC(=O)OCC)=C(OCc2ccccc2)c2ccc(/C(C=Nc3ccccc3)=C/N)cc2/C1=C(\C)CC.CC. The monoisotopic (exact) mass is 635 g/mol. The third kappa shape index (κ3) is 9.29. The average Bonchev–Trinajstić information content (AvgIpc) is 3.11. The van der Waals surface area contributed by atoms with Crippen molar-refractivity contribution in [1.82, 2.24) is 10.3 Å². The number of rotatable bonds is 12. The second kappa shape index (κ2) is 18.5. The van der Waals surface area contributed by atoms with Crippen LogP contribution in [0.5, 0.6) is 0 Å². The van der Waals surface area contributed by atoms with E-state index in [9.17, 15) is 9.59 Å². The van der Waals surface area contributed by atoms with E-state index < -0.39 is 11.9 Å². The Morgan fingerprint density at radius 2 is 1.64 bits per heavy atom. The van der Waals surface area contributed by atoms with Crippen LogP contribution in [0.1, 0.15) is 70.2 Å². The van der Waals surface area contributed by atoms with Crippen LogP contribution in [-0.4, -0.2) is 42.5 Å². The van der Waals surface area contributed by atoms with Crippen LogP contribution in [0.3, 0.4) is 0 Å². The van der Waals surface area contributed by atoms with Crippen molar-refractivity contribution >= 4 is 47.0 Å². The molecule has 1 heterocycles. The Balaban J connectivity index is 0.00000294. The number of aliphatic imine (C=N–C) groups is 1. The van der Waals surface area contributed by atoms with Crippen LogP contribution in [0.4, 0.5) is 5.69 Å². The number of nitrogens with one attached hydrogen (secondary N) is 1. The molecule has 246 valence electrons. The summed E-state index contributed by atoms with van der Waals surface area (Å²) in [7, 11) is 0. The molecule has 3 aromatic carbocycles. The normalized spacial score (nSPS) is 14.0. The molecule has 0 spiro atoms. The summed E-state index contributed by atoms with van der Waals surface area (Å²) in [6.07, 6.45) is 5.56. The number of benzene rings is 3. The Labute approximate surface area is 278 Å². The topological polar surface area (TPSA) is 119 Å². The van der Waals surface area contributed by atoms with Gasteiger partial charge in [0.25, 0.3) is 5.91 Å². The van der Waals surface area contributed by atoms with Crippen molar-refractivity contribution in [2.45, 2.75) is 54.6 Å². The Bertz CT molecular complexity index is 1660. The number of nitrogens with zero attached hydrogens (tertiary/aromatic N) is 3. The Kier molecular flexibility index (Phi) is 14.2. The molecular weight excluding hydrogens is 590 g/mol. The number of carbonyl (C=O) groups is 2. The maximum absolute atomic E-state index is 13.9. The highest BCUT2D eigenvalue weighted by Gasteiger charge is 2.36. The van der Waals surface area contributed by atoms with Crippen molar-refractivity contribution in [3.63, 3.8) is 0 Å². The predicted molar refractivity (Wildman–Crippen MR) is 191 cm³/mol. The third-order valence-corrected chi connectivity index (χ3v) is 7.08. The summed E-state index contributed by atoms with van der Waals surface area (Å²) in [4.78, 5) is 30.6. The van der Waals surface area contributed by atoms with Gasteiger partial charge in [-0.25, -0.2) is 5.01 Å². The first kappa shape index (κ1) is 36.0. The molecule has 9 nitrogen and oxygen atoms in total. The fourth-order valence-electron chi connectivity index (χ4n) is 4.77. The van der Waals surface area contributed by atoms with Gasteiger partial charge < -0.3 is 20.5 Å². The van der Waals surface area contributed by atoms with Gasteiger partial charge in [0.1, 0.15) is 13.2 Å². The standard InChI is InChI=1S/C36H39N5O4.C2H6/c1-5-25(4)33-31-20-27(28(21-37)22-38-29-16-12-9-13-17-29)18-19-30(31)35(45-24-26-14-10-8-11-15-26)34(41(33)40-6-2)36(43)39-23-32(42)44-7-3;1-2/h6,8-22H,5,7,23-24,37H2,1-4H3,(H,39,43);1-2H3/b28-21+,33-25-,38-22?,40-6-;. The predicted octanol–water partition coefficient (Wildman–Crippen LogP) is 7.44. The first-order valence-electron chi connectivity index (χ1n) is 15.9. The van der Waals surface area contributed by atoms with Crippen LogP contribution >= 0.6 is 0 Å². The summed E-state index contributed by atoms with van der Waals surface area (Å²) in [5.41, 5.74) is 12.8. The van der Waals surface area contributed by atoms with Crippen LogP contribution in [0, 0.1) is 0 Å².